The van der Waals surface area contributed by atoms with Gasteiger partial charge in [-0.25, -0.2) is 0 Å². The van der Waals surface area contributed by atoms with Crippen molar-refractivity contribution in [3.63, 3.8) is 0 Å². The van der Waals surface area contributed by atoms with E-state index in [1.807, 2.05) is 22.2 Å². The van der Waals surface area contributed by atoms with Crippen LogP contribution in [0, 0.1) is 0 Å². The number of esters is 1. The lowest BCUT2D eigenvalue weighted by Crippen LogP contribution is -2.28. The molecule has 1 aliphatic heterocycles. The molecular formula is C9H16N2O3. The predicted molar refractivity (Wildman–Crippen MR) is 51.1 cm³/mol. The van der Waals surface area contributed by atoms with Crippen molar-refractivity contribution in [1.82, 2.24) is 9.80 Å². The first-order valence-corrected chi connectivity index (χ1v) is 4.60. The Hall–Kier alpha value is -1.23. The molecule has 0 aromatic rings. The molecule has 5 heteroatoms. The highest BCUT2D eigenvalue weighted by molar-refractivity contribution is 5.69. The molecule has 0 saturated carbocycles. The summed E-state index contributed by atoms with van der Waals surface area (Å²) in [6, 6.07) is 0. The van der Waals surface area contributed by atoms with Crippen LogP contribution in [0.5, 0.6) is 0 Å². The molecule has 0 bridgehead atoms. The molecule has 0 aliphatic carbocycles. The molecule has 0 radical (unpaired) electrons. The number of carbonyl (C=O) groups is 1. The van der Waals surface area contributed by atoms with Gasteiger partial charge >= 0.3 is 5.97 Å². The van der Waals surface area contributed by atoms with Gasteiger partial charge < -0.3 is 19.6 Å². The van der Waals surface area contributed by atoms with E-state index in [2.05, 4.69) is 4.74 Å². The molecule has 0 spiro atoms. The predicted octanol–water partition coefficient (Wildman–Crippen LogP) is -0.412. The zero-order valence-electron chi connectivity index (χ0n) is 8.35. The van der Waals surface area contributed by atoms with Crippen LogP contribution >= 0.6 is 0 Å². The zero-order valence-corrected chi connectivity index (χ0v) is 8.35. The maximum absolute atomic E-state index is 10.8. The van der Waals surface area contributed by atoms with Crippen molar-refractivity contribution in [1.29, 1.82) is 0 Å². The minimum Gasteiger partial charge on any atom is -0.469 e. The summed E-state index contributed by atoms with van der Waals surface area (Å²) >= 11 is 0. The molecule has 5 nitrogen and oxygen atoms in total. The van der Waals surface area contributed by atoms with Gasteiger partial charge in [-0.2, -0.15) is 0 Å². The monoisotopic (exact) mass is 200 g/mol. The van der Waals surface area contributed by atoms with Gasteiger partial charge in [-0.05, 0) is 0 Å². The number of β-amino-alcohol motifs (C(OH)–C–C–N with tert-alkyl or cyclic N) is 1. The van der Waals surface area contributed by atoms with Gasteiger partial charge in [0.05, 0.1) is 26.8 Å². The normalized spacial score (nSPS) is 15.0. The summed E-state index contributed by atoms with van der Waals surface area (Å²) in [6.45, 7) is 2.17. The van der Waals surface area contributed by atoms with Gasteiger partial charge in [0.15, 0.2) is 0 Å². The van der Waals surface area contributed by atoms with Crippen LogP contribution in [0.3, 0.4) is 0 Å². The third kappa shape index (κ3) is 3.26. The lowest BCUT2D eigenvalue weighted by molar-refractivity contribution is -0.140. The summed E-state index contributed by atoms with van der Waals surface area (Å²) in [4.78, 5) is 14.8. The maximum atomic E-state index is 10.8. The molecule has 1 aliphatic rings. The van der Waals surface area contributed by atoms with E-state index in [0.717, 1.165) is 6.67 Å². The second-order valence-corrected chi connectivity index (χ2v) is 3.11. The van der Waals surface area contributed by atoms with Crippen LogP contribution in [0.15, 0.2) is 12.4 Å². The SMILES string of the molecule is COC(=O)CCN1C=CN(CCO)C1. The molecule has 0 aromatic carbocycles. The average molecular weight is 200 g/mol. The van der Waals surface area contributed by atoms with Crippen molar-refractivity contribution in [3.05, 3.63) is 12.4 Å². The van der Waals surface area contributed by atoms with Crippen LogP contribution < -0.4 is 0 Å². The quantitative estimate of drug-likeness (QED) is 0.611. The fourth-order valence-electron chi connectivity index (χ4n) is 1.27. The average Bonchev–Trinajstić information content (AvgIpc) is 2.63. The van der Waals surface area contributed by atoms with Crippen LogP contribution in [0.4, 0.5) is 0 Å². The first-order chi connectivity index (χ1) is 6.76. The number of ether oxygens (including phenoxy) is 1. The van der Waals surface area contributed by atoms with E-state index < -0.39 is 0 Å². The number of carbonyl (C=O) groups excluding carboxylic acids is 1. The van der Waals surface area contributed by atoms with Crippen LogP contribution in [-0.2, 0) is 9.53 Å². The number of methoxy groups -OCH3 is 1. The Kier molecular flexibility index (Phi) is 4.25. The number of hydrogen-bond acceptors (Lipinski definition) is 5. The van der Waals surface area contributed by atoms with Gasteiger partial charge in [0.25, 0.3) is 0 Å². The highest BCUT2D eigenvalue weighted by Gasteiger charge is 2.12. The maximum Gasteiger partial charge on any atom is 0.307 e. The molecule has 14 heavy (non-hydrogen) atoms. The Bertz CT molecular complexity index is 218. The van der Waals surface area contributed by atoms with Gasteiger partial charge in [-0.1, -0.05) is 0 Å². The number of hydrogen-bond donors (Lipinski definition) is 1. The third-order valence-corrected chi connectivity index (χ3v) is 2.07. The second kappa shape index (κ2) is 5.49. The smallest absolute Gasteiger partial charge is 0.307 e. The molecule has 80 valence electrons. The first-order valence-electron chi connectivity index (χ1n) is 4.60. The van der Waals surface area contributed by atoms with E-state index in [0.29, 0.717) is 19.5 Å². The van der Waals surface area contributed by atoms with Crippen molar-refractivity contribution < 1.29 is 14.6 Å². The van der Waals surface area contributed by atoms with Crippen molar-refractivity contribution in [2.75, 3.05) is 33.5 Å². The van der Waals surface area contributed by atoms with Gasteiger partial charge in [0.1, 0.15) is 0 Å². The number of rotatable bonds is 5. The highest BCUT2D eigenvalue weighted by Crippen LogP contribution is 2.06. The molecule has 0 aromatic heterocycles. The highest BCUT2D eigenvalue weighted by atomic mass is 16.5. The van der Waals surface area contributed by atoms with E-state index in [9.17, 15) is 4.79 Å². The summed E-state index contributed by atoms with van der Waals surface area (Å²) < 4.78 is 4.54. The molecule has 0 fully saturated rings. The van der Waals surface area contributed by atoms with Crippen molar-refractivity contribution in [2.24, 2.45) is 0 Å². The minimum absolute atomic E-state index is 0.148. The largest absolute Gasteiger partial charge is 0.469 e. The Morgan fingerprint density at radius 1 is 1.43 bits per heavy atom. The lowest BCUT2D eigenvalue weighted by atomic mass is 10.4. The summed E-state index contributed by atoms with van der Waals surface area (Å²) in [6.07, 6.45) is 4.22. The molecular weight excluding hydrogens is 184 g/mol. The van der Waals surface area contributed by atoms with Crippen LogP contribution in [-0.4, -0.2) is 54.4 Å². The van der Waals surface area contributed by atoms with Crippen molar-refractivity contribution in [2.45, 2.75) is 6.42 Å². The third-order valence-electron chi connectivity index (χ3n) is 2.07. The number of aliphatic hydroxyl groups excluding tert-OH is 1. The molecule has 0 atom stereocenters. The Morgan fingerprint density at radius 3 is 2.64 bits per heavy atom. The van der Waals surface area contributed by atoms with Crippen molar-refractivity contribution >= 4 is 5.97 Å². The van der Waals surface area contributed by atoms with E-state index in [1.54, 1.807) is 0 Å². The fraction of sp³-hybridized carbons (Fsp3) is 0.667. The Labute approximate surface area is 83.6 Å². The lowest BCUT2D eigenvalue weighted by Gasteiger charge is -2.19. The van der Waals surface area contributed by atoms with E-state index in [-0.39, 0.29) is 12.6 Å². The summed E-state index contributed by atoms with van der Waals surface area (Å²) in [5.41, 5.74) is 0. The number of nitrogens with zero attached hydrogens (tertiary/aromatic N) is 2. The minimum atomic E-state index is -0.195. The van der Waals surface area contributed by atoms with E-state index in [1.165, 1.54) is 7.11 Å². The van der Waals surface area contributed by atoms with E-state index >= 15 is 0 Å². The molecule has 0 amide bonds. The van der Waals surface area contributed by atoms with Gasteiger partial charge in [0, 0.05) is 25.5 Å². The number of aliphatic hydroxyl groups is 1. The van der Waals surface area contributed by atoms with E-state index in [4.69, 9.17) is 5.11 Å². The molecule has 1 N–H and O–H groups in total. The molecule has 1 rings (SSSR count). The Balaban J connectivity index is 2.17. The summed E-state index contributed by atoms with van der Waals surface area (Å²) in [5, 5.41) is 8.70. The van der Waals surface area contributed by atoms with Crippen LogP contribution in [0.1, 0.15) is 6.42 Å². The van der Waals surface area contributed by atoms with Crippen LogP contribution in [0.25, 0.3) is 0 Å². The molecule has 1 heterocycles. The fourth-order valence-corrected chi connectivity index (χ4v) is 1.27. The summed E-state index contributed by atoms with van der Waals surface area (Å²) in [7, 11) is 1.39. The van der Waals surface area contributed by atoms with Gasteiger partial charge in [-0.15, -0.1) is 0 Å². The topological polar surface area (TPSA) is 53.0 Å². The van der Waals surface area contributed by atoms with Crippen LogP contribution in [0.2, 0.25) is 0 Å². The molecule has 0 unspecified atom stereocenters. The zero-order chi connectivity index (χ0) is 10.4. The standard InChI is InChI=1S/C9H16N2O3/c1-14-9(13)2-3-10-4-5-11(8-10)6-7-12/h4-5,12H,2-3,6-8H2,1H3. The first kappa shape index (κ1) is 10.8. The summed E-state index contributed by atoms with van der Waals surface area (Å²) in [5.74, 6) is -0.195. The Morgan fingerprint density at radius 2 is 2.07 bits per heavy atom. The molecule has 0 saturated heterocycles. The van der Waals surface area contributed by atoms with Crippen molar-refractivity contribution in [3.8, 4) is 0 Å². The van der Waals surface area contributed by atoms with Gasteiger partial charge in [0.2, 0.25) is 0 Å². The van der Waals surface area contributed by atoms with Gasteiger partial charge in [-0.3, -0.25) is 4.79 Å². The second-order valence-electron chi connectivity index (χ2n) is 3.11.